The molecule has 1 saturated heterocycles. The number of hydrogen-bond acceptors (Lipinski definition) is 5. The van der Waals surface area contributed by atoms with Crippen molar-refractivity contribution in [3.8, 4) is 0 Å². The maximum Gasteiger partial charge on any atom is 0.412 e. The van der Waals surface area contributed by atoms with Crippen LogP contribution in [-0.4, -0.2) is 47.5 Å². The fraction of sp³-hybridized carbons (Fsp3) is 0.778. The van der Waals surface area contributed by atoms with Crippen LogP contribution in [-0.2, 0) is 19.0 Å². The normalized spacial score (nSPS) is 19.7. The van der Waals surface area contributed by atoms with E-state index in [2.05, 4.69) is 6.58 Å². The highest BCUT2D eigenvalue weighted by atomic mass is 16.6. The van der Waals surface area contributed by atoms with E-state index in [1.807, 2.05) is 34.6 Å². The van der Waals surface area contributed by atoms with Gasteiger partial charge in [-0.1, -0.05) is 19.9 Å². The van der Waals surface area contributed by atoms with Gasteiger partial charge in [0.25, 0.3) is 0 Å². The number of esters is 1. The monoisotopic (exact) mass is 341 g/mol. The highest BCUT2D eigenvalue weighted by Crippen LogP contribution is 2.35. The zero-order valence-electron chi connectivity index (χ0n) is 15.8. The number of nitrogens with zero attached hydrogens (tertiary/aromatic N) is 1. The van der Waals surface area contributed by atoms with Crippen molar-refractivity contribution in [2.75, 3.05) is 13.2 Å². The molecule has 0 bridgehead atoms. The first-order chi connectivity index (χ1) is 11.0. The van der Waals surface area contributed by atoms with Crippen molar-refractivity contribution in [3.05, 3.63) is 12.2 Å². The lowest BCUT2D eigenvalue weighted by molar-refractivity contribution is -0.139. The van der Waals surface area contributed by atoms with Crippen LogP contribution < -0.4 is 0 Å². The van der Waals surface area contributed by atoms with Gasteiger partial charge in [0.1, 0.15) is 11.8 Å². The number of carbonyl (C=O) groups excluding carboxylic acids is 2. The topological polar surface area (TPSA) is 65.1 Å². The lowest BCUT2D eigenvalue weighted by Gasteiger charge is -2.37. The van der Waals surface area contributed by atoms with Crippen LogP contribution >= 0.6 is 0 Å². The fourth-order valence-corrected chi connectivity index (χ4v) is 2.99. The Hall–Kier alpha value is -1.56. The maximum atomic E-state index is 12.7. The van der Waals surface area contributed by atoms with Gasteiger partial charge in [-0.2, -0.15) is 0 Å². The average molecular weight is 341 g/mol. The Morgan fingerprint density at radius 3 is 2.33 bits per heavy atom. The number of carbonyl (C=O) groups is 2. The van der Waals surface area contributed by atoms with Gasteiger partial charge in [0.15, 0.2) is 0 Å². The first kappa shape index (κ1) is 20.5. The molecule has 1 rings (SSSR count). The maximum absolute atomic E-state index is 12.7. The minimum Gasteiger partial charge on any atom is -0.463 e. The second-order valence-corrected chi connectivity index (χ2v) is 7.21. The van der Waals surface area contributed by atoms with E-state index in [9.17, 15) is 9.59 Å². The van der Waals surface area contributed by atoms with Crippen LogP contribution in [0.15, 0.2) is 12.2 Å². The van der Waals surface area contributed by atoms with Gasteiger partial charge in [0.2, 0.25) is 0 Å². The molecule has 0 spiro atoms. The summed E-state index contributed by atoms with van der Waals surface area (Å²) < 4.78 is 16.3. The van der Waals surface area contributed by atoms with Crippen molar-refractivity contribution >= 4 is 12.1 Å². The van der Waals surface area contributed by atoms with Gasteiger partial charge in [-0.3, -0.25) is 4.90 Å². The third-order valence-electron chi connectivity index (χ3n) is 4.02. The summed E-state index contributed by atoms with van der Waals surface area (Å²) in [6.45, 7) is 15.8. The molecular weight excluding hydrogens is 310 g/mol. The van der Waals surface area contributed by atoms with Crippen LogP contribution in [0.1, 0.15) is 60.8 Å². The number of hydrogen-bond donors (Lipinski definition) is 0. The molecule has 1 atom stereocenters. The predicted octanol–water partition coefficient (Wildman–Crippen LogP) is 3.65. The predicted molar refractivity (Wildman–Crippen MR) is 91.5 cm³/mol. The molecule has 6 heteroatoms. The van der Waals surface area contributed by atoms with Crippen molar-refractivity contribution in [1.29, 1.82) is 0 Å². The van der Waals surface area contributed by atoms with E-state index in [-0.39, 0.29) is 6.42 Å². The summed E-state index contributed by atoms with van der Waals surface area (Å²) in [6.07, 6.45) is 0.912. The molecule has 6 nitrogen and oxygen atoms in total. The third-order valence-corrected chi connectivity index (χ3v) is 4.02. The van der Waals surface area contributed by atoms with Gasteiger partial charge in [0, 0.05) is 12.0 Å². The van der Waals surface area contributed by atoms with E-state index in [4.69, 9.17) is 14.2 Å². The minimum atomic E-state index is -0.727. The minimum absolute atomic E-state index is 0.272. The van der Waals surface area contributed by atoms with Crippen molar-refractivity contribution in [2.45, 2.75) is 78.2 Å². The summed E-state index contributed by atoms with van der Waals surface area (Å²) >= 11 is 0. The fourth-order valence-electron chi connectivity index (χ4n) is 2.99. The smallest absolute Gasteiger partial charge is 0.412 e. The van der Waals surface area contributed by atoms with Crippen molar-refractivity contribution in [2.24, 2.45) is 0 Å². The summed E-state index contributed by atoms with van der Waals surface area (Å²) in [5, 5.41) is 0. The van der Waals surface area contributed by atoms with Gasteiger partial charge in [-0.25, -0.2) is 9.59 Å². The van der Waals surface area contributed by atoms with Crippen LogP contribution in [0, 0.1) is 0 Å². The van der Waals surface area contributed by atoms with Gasteiger partial charge in [0.05, 0.1) is 18.8 Å². The molecule has 1 heterocycles. The van der Waals surface area contributed by atoms with E-state index in [0.717, 1.165) is 6.42 Å². The molecule has 0 aliphatic carbocycles. The second-order valence-electron chi connectivity index (χ2n) is 7.21. The Morgan fingerprint density at radius 2 is 1.88 bits per heavy atom. The molecule has 0 radical (unpaired) electrons. The van der Waals surface area contributed by atoms with E-state index in [0.29, 0.717) is 25.2 Å². The lowest BCUT2D eigenvalue weighted by atomic mass is 10.0. The van der Waals surface area contributed by atoms with Gasteiger partial charge in [-0.05, 0) is 41.0 Å². The van der Waals surface area contributed by atoms with E-state index in [1.165, 1.54) is 0 Å². The molecule has 24 heavy (non-hydrogen) atoms. The summed E-state index contributed by atoms with van der Waals surface area (Å²) in [6, 6.07) is 0. The molecule has 0 saturated carbocycles. The summed E-state index contributed by atoms with van der Waals surface area (Å²) in [5.41, 5.74) is -0.857. The first-order valence-corrected chi connectivity index (χ1v) is 8.55. The van der Waals surface area contributed by atoms with Gasteiger partial charge in [-0.15, -0.1) is 0 Å². The highest BCUT2D eigenvalue weighted by Gasteiger charge is 2.50. The van der Waals surface area contributed by atoms with Crippen molar-refractivity contribution < 1.29 is 23.8 Å². The third kappa shape index (κ3) is 4.97. The lowest BCUT2D eigenvalue weighted by Crippen LogP contribution is -2.53. The van der Waals surface area contributed by atoms with Gasteiger partial charge >= 0.3 is 12.1 Å². The van der Waals surface area contributed by atoms with E-state index < -0.39 is 29.4 Å². The molecule has 1 aliphatic rings. The molecule has 0 aromatic heterocycles. The van der Waals surface area contributed by atoms with E-state index in [1.54, 1.807) is 11.8 Å². The summed E-state index contributed by atoms with van der Waals surface area (Å²) in [5.74, 6) is -0.445. The Bertz CT molecular complexity index is 468. The quantitative estimate of drug-likeness (QED) is 0.522. The first-order valence-electron chi connectivity index (χ1n) is 8.55. The van der Waals surface area contributed by atoms with Crippen molar-refractivity contribution in [3.63, 3.8) is 0 Å². The van der Waals surface area contributed by atoms with E-state index >= 15 is 0 Å². The Balaban J connectivity index is 2.79. The second kappa shape index (κ2) is 8.01. The molecule has 138 valence electrons. The molecular formula is C18H31NO5. The summed E-state index contributed by atoms with van der Waals surface area (Å²) in [4.78, 5) is 26.1. The Labute approximate surface area is 145 Å². The molecule has 0 unspecified atom stereocenters. The molecule has 1 aliphatic heterocycles. The Morgan fingerprint density at radius 1 is 1.25 bits per heavy atom. The van der Waals surface area contributed by atoms with Crippen LogP contribution in [0.5, 0.6) is 0 Å². The molecule has 1 fully saturated rings. The molecule has 0 aromatic rings. The SMILES string of the molecule is C=C(C[C@@H](CCC)OC(=O)N1C(C)(C)COC1(C)C)C(=O)OCC. The molecule has 1 amide bonds. The van der Waals surface area contributed by atoms with Crippen LogP contribution in [0.4, 0.5) is 4.79 Å². The zero-order chi connectivity index (χ0) is 18.5. The number of amides is 1. The summed E-state index contributed by atoms with van der Waals surface area (Å²) in [7, 11) is 0. The highest BCUT2D eigenvalue weighted by molar-refractivity contribution is 5.87. The molecule has 0 N–H and O–H groups in total. The Kier molecular flexibility index (Phi) is 6.84. The van der Waals surface area contributed by atoms with Crippen LogP contribution in [0.3, 0.4) is 0 Å². The standard InChI is InChI=1S/C18H31NO5/c1-8-10-14(11-13(3)15(20)22-9-2)24-16(21)19-17(4,5)12-23-18(19,6)7/h14H,3,8-12H2,1-2,4-7H3/t14-/m1/s1. The largest absolute Gasteiger partial charge is 0.463 e. The number of rotatable bonds is 7. The van der Waals surface area contributed by atoms with Crippen molar-refractivity contribution in [1.82, 2.24) is 4.90 Å². The average Bonchev–Trinajstić information content (AvgIpc) is 2.67. The molecule has 0 aromatic carbocycles. The van der Waals surface area contributed by atoms with Crippen LogP contribution in [0.2, 0.25) is 0 Å². The van der Waals surface area contributed by atoms with Crippen LogP contribution in [0.25, 0.3) is 0 Å². The van der Waals surface area contributed by atoms with Gasteiger partial charge < -0.3 is 14.2 Å². The zero-order valence-corrected chi connectivity index (χ0v) is 15.8. The number of ether oxygens (including phenoxy) is 3.